The number of H-pyrrole nitrogens is 1. The first-order valence-electron chi connectivity index (χ1n) is 13.2. The number of nitrogens with one attached hydrogen (secondary N) is 1. The number of thiazole rings is 1. The van der Waals surface area contributed by atoms with Crippen LogP contribution >= 0.6 is 23.1 Å². The minimum Gasteiger partial charge on any atom is -0.489 e. The summed E-state index contributed by atoms with van der Waals surface area (Å²) in [5.74, 6) is -1.66. The Balaban J connectivity index is 1.29. The molecule has 2 amide bonds. The summed E-state index contributed by atoms with van der Waals surface area (Å²) in [7, 11) is 0. The van der Waals surface area contributed by atoms with Crippen molar-refractivity contribution >= 4 is 46.6 Å². The van der Waals surface area contributed by atoms with Crippen molar-refractivity contribution in [1.82, 2.24) is 4.98 Å². The smallest absolute Gasteiger partial charge is 0.338 e. The normalized spacial score (nSPS) is 19.6. The van der Waals surface area contributed by atoms with Gasteiger partial charge in [-0.2, -0.15) is 0 Å². The zero-order valence-corrected chi connectivity index (χ0v) is 23.9. The number of carbonyl (C=O) groups excluding carboxylic acids is 3. The van der Waals surface area contributed by atoms with E-state index in [0.717, 1.165) is 32.9 Å². The van der Waals surface area contributed by atoms with Crippen molar-refractivity contribution in [2.45, 2.75) is 36.6 Å². The van der Waals surface area contributed by atoms with E-state index in [0.29, 0.717) is 28.6 Å². The number of hydrogen-bond donors (Lipinski definition) is 1. The zero-order valence-electron chi connectivity index (χ0n) is 22.3. The van der Waals surface area contributed by atoms with Gasteiger partial charge in [0.05, 0.1) is 28.8 Å². The monoisotopic (exact) mass is 586 g/mol. The number of aryl methyl sites for hydroxylation is 1. The van der Waals surface area contributed by atoms with Crippen LogP contribution in [0.1, 0.15) is 44.8 Å². The molecule has 3 aromatic carbocycles. The quantitative estimate of drug-likeness (QED) is 0.232. The maximum Gasteiger partial charge on any atom is 0.338 e. The fourth-order valence-electron chi connectivity index (χ4n) is 5.33. The minimum atomic E-state index is -0.702. The third-order valence-corrected chi connectivity index (χ3v) is 9.59. The number of anilines is 1. The summed E-state index contributed by atoms with van der Waals surface area (Å²) in [5, 5.41) is -0.0843. The molecule has 4 aromatic rings. The number of carbonyl (C=O) groups is 3. The van der Waals surface area contributed by atoms with Crippen LogP contribution in [-0.2, 0) is 20.9 Å². The second-order valence-electron chi connectivity index (χ2n) is 9.88. The molecule has 2 aliphatic heterocycles. The Hall–Kier alpha value is -4.15. The lowest BCUT2D eigenvalue weighted by Gasteiger charge is -2.29. The molecule has 10 heteroatoms. The summed E-state index contributed by atoms with van der Waals surface area (Å²) in [5.41, 5.74) is 3.77. The Morgan fingerprint density at radius 1 is 0.976 bits per heavy atom. The van der Waals surface area contributed by atoms with Crippen LogP contribution in [0.3, 0.4) is 0 Å². The molecule has 208 valence electrons. The highest BCUT2D eigenvalue weighted by molar-refractivity contribution is 8.00. The van der Waals surface area contributed by atoms with Gasteiger partial charge in [-0.05, 0) is 61.4 Å². The summed E-state index contributed by atoms with van der Waals surface area (Å²) in [6.07, 6.45) is 0. The maximum absolute atomic E-state index is 13.9. The first kappa shape index (κ1) is 27.0. The molecular weight excluding hydrogens is 560 g/mol. The van der Waals surface area contributed by atoms with E-state index >= 15 is 0 Å². The van der Waals surface area contributed by atoms with Crippen molar-refractivity contribution in [3.8, 4) is 5.75 Å². The van der Waals surface area contributed by atoms with Crippen molar-refractivity contribution in [2.24, 2.45) is 5.92 Å². The lowest BCUT2D eigenvalue weighted by Crippen LogP contribution is -2.32. The van der Waals surface area contributed by atoms with Crippen molar-refractivity contribution in [3.63, 3.8) is 0 Å². The summed E-state index contributed by atoms with van der Waals surface area (Å²) in [6.45, 7) is 4.43. The molecule has 3 atom stereocenters. The van der Waals surface area contributed by atoms with Gasteiger partial charge in [0.1, 0.15) is 17.6 Å². The highest BCUT2D eigenvalue weighted by Gasteiger charge is 2.56. The molecule has 3 heterocycles. The van der Waals surface area contributed by atoms with Crippen LogP contribution in [0.15, 0.2) is 82.6 Å². The Morgan fingerprint density at radius 2 is 1.73 bits per heavy atom. The Kier molecular flexibility index (Phi) is 7.27. The van der Waals surface area contributed by atoms with Crippen LogP contribution < -0.4 is 14.5 Å². The molecule has 1 N–H and O–H groups in total. The number of aromatic amines is 1. The number of hydrogen-bond acceptors (Lipinski definition) is 8. The van der Waals surface area contributed by atoms with Crippen molar-refractivity contribution in [1.29, 1.82) is 0 Å². The fraction of sp³-hybridized carbons (Fsp3) is 0.226. The minimum absolute atomic E-state index is 0.225. The number of esters is 1. The summed E-state index contributed by atoms with van der Waals surface area (Å²) < 4.78 is 11.0. The van der Waals surface area contributed by atoms with Gasteiger partial charge >= 0.3 is 10.8 Å². The van der Waals surface area contributed by atoms with E-state index in [1.807, 2.05) is 49.4 Å². The van der Waals surface area contributed by atoms with Crippen LogP contribution in [-0.4, -0.2) is 34.6 Å². The van der Waals surface area contributed by atoms with Gasteiger partial charge in [0.2, 0.25) is 11.8 Å². The van der Waals surface area contributed by atoms with Gasteiger partial charge in [-0.3, -0.25) is 14.4 Å². The van der Waals surface area contributed by atoms with E-state index in [1.165, 1.54) is 16.7 Å². The molecule has 6 rings (SSSR count). The molecule has 41 heavy (non-hydrogen) atoms. The third kappa shape index (κ3) is 5.09. The van der Waals surface area contributed by atoms with Crippen LogP contribution in [0.2, 0.25) is 0 Å². The summed E-state index contributed by atoms with van der Waals surface area (Å²) in [6, 6.07) is 21.9. The Morgan fingerprint density at radius 3 is 2.44 bits per heavy atom. The van der Waals surface area contributed by atoms with Gasteiger partial charge in [-0.1, -0.05) is 65.1 Å². The standard InChI is InChI=1S/C31H26N2O6S2/c1-3-38-30(36)20-7-11-21(12-8-20)33-28(34)24-23(25-27(32-31(37)41-25)40-26(24)29(33)35)19-9-13-22(14-10-19)39-16-18-6-4-5-17(2)15-18/h4-15,23-24,26H,3,16H2,1-2H3,(H,32,37)/t23-,24?,26?/m1/s1. The second-order valence-corrected chi connectivity index (χ2v) is 12.0. The molecular formula is C31H26N2O6S2. The molecule has 1 aromatic heterocycles. The molecule has 0 bridgehead atoms. The molecule has 0 radical (unpaired) electrons. The molecule has 0 spiro atoms. The van der Waals surface area contributed by atoms with Gasteiger partial charge in [-0.15, -0.1) is 0 Å². The average Bonchev–Trinajstić information content (AvgIpc) is 3.46. The van der Waals surface area contributed by atoms with E-state index in [-0.39, 0.29) is 23.3 Å². The first-order valence-corrected chi connectivity index (χ1v) is 14.9. The number of ether oxygens (including phenoxy) is 2. The van der Waals surface area contributed by atoms with Gasteiger partial charge in [-0.25, -0.2) is 9.69 Å². The molecule has 0 aliphatic carbocycles. The number of thioether (sulfide) groups is 1. The highest BCUT2D eigenvalue weighted by Crippen LogP contribution is 2.53. The molecule has 8 nitrogen and oxygen atoms in total. The summed E-state index contributed by atoms with van der Waals surface area (Å²) >= 11 is 2.29. The van der Waals surface area contributed by atoms with Gasteiger partial charge in [0.15, 0.2) is 0 Å². The first-order chi connectivity index (χ1) is 19.8. The lowest BCUT2D eigenvalue weighted by molar-refractivity contribution is -0.122. The van der Waals surface area contributed by atoms with Crippen LogP contribution in [0.5, 0.6) is 5.75 Å². The SMILES string of the molecule is CCOC(=O)c1ccc(N2C(=O)C3Sc4[nH]c(=O)sc4[C@H](c4ccc(OCc5cccc(C)c5)cc4)C3C2=O)cc1. The molecule has 1 saturated heterocycles. The van der Waals surface area contributed by atoms with Gasteiger partial charge < -0.3 is 14.5 Å². The highest BCUT2D eigenvalue weighted by atomic mass is 32.2. The molecule has 2 unspecified atom stereocenters. The lowest BCUT2D eigenvalue weighted by atomic mass is 9.83. The van der Waals surface area contributed by atoms with E-state index in [1.54, 1.807) is 31.2 Å². The molecule has 1 fully saturated rings. The van der Waals surface area contributed by atoms with Crippen LogP contribution in [0.25, 0.3) is 0 Å². The predicted molar refractivity (Wildman–Crippen MR) is 157 cm³/mol. The topological polar surface area (TPSA) is 106 Å². The number of aromatic nitrogens is 1. The largest absolute Gasteiger partial charge is 0.489 e. The molecule has 0 saturated carbocycles. The summed E-state index contributed by atoms with van der Waals surface area (Å²) in [4.78, 5) is 56.6. The number of nitrogens with zero attached hydrogens (tertiary/aromatic N) is 1. The zero-order chi connectivity index (χ0) is 28.7. The van der Waals surface area contributed by atoms with E-state index in [2.05, 4.69) is 11.1 Å². The number of fused-ring (bicyclic) bond motifs is 2. The van der Waals surface area contributed by atoms with Gasteiger partial charge in [0, 0.05) is 10.8 Å². The van der Waals surface area contributed by atoms with E-state index in [9.17, 15) is 19.2 Å². The number of benzene rings is 3. The van der Waals surface area contributed by atoms with E-state index < -0.39 is 23.1 Å². The number of imide groups is 1. The Bertz CT molecular complexity index is 1690. The van der Waals surface area contributed by atoms with Gasteiger partial charge in [0.25, 0.3) is 0 Å². The van der Waals surface area contributed by atoms with E-state index in [4.69, 9.17) is 9.47 Å². The fourth-order valence-corrected chi connectivity index (χ4v) is 7.85. The van der Waals surface area contributed by atoms with Crippen molar-refractivity contribution < 1.29 is 23.9 Å². The maximum atomic E-state index is 13.9. The van der Waals surface area contributed by atoms with Crippen molar-refractivity contribution in [3.05, 3.63) is 110 Å². The number of rotatable bonds is 7. The predicted octanol–water partition coefficient (Wildman–Crippen LogP) is 5.30. The van der Waals surface area contributed by atoms with Crippen LogP contribution in [0.4, 0.5) is 5.69 Å². The molecule has 2 aliphatic rings. The Labute approximate surface area is 244 Å². The third-order valence-electron chi connectivity index (χ3n) is 7.19. The average molecular weight is 587 g/mol. The van der Waals surface area contributed by atoms with Crippen LogP contribution in [0, 0.1) is 12.8 Å². The number of amides is 2. The second kappa shape index (κ2) is 11.0. The van der Waals surface area contributed by atoms with Crippen molar-refractivity contribution in [2.75, 3.05) is 11.5 Å².